The van der Waals surface area contributed by atoms with Crippen molar-refractivity contribution in [2.75, 3.05) is 30.0 Å². The lowest BCUT2D eigenvalue weighted by Crippen LogP contribution is -2.50. The molecule has 0 spiro atoms. The number of thioether (sulfide) groups is 1. The Kier molecular flexibility index (Phi) is 6.47. The Morgan fingerprint density at radius 1 is 1.35 bits per heavy atom. The molecular formula is C17H24N2O3S. The molecule has 0 aliphatic carbocycles. The smallest absolute Gasteiger partial charge is 0.234 e. The summed E-state index contributed by atoms with van der Waals surface area (Å²) in [6.07, 6.45) is 0.0739. The lowest BCUT2D eigenvalue weighted by molar-refractivity contribution is -0.140. The lowest BCUT2D eigenvalue weighted by Gasteiger charge is -2.36. The molecule has 2 amide bonds. The van der Waals surface area contributed by atoms with E-state index in [9.17, 15) is 9.59 Å². The van der Waals surface area contributed by atoms with Crippen molar-refractivity contribution >= 4 is 29.3 Å². The molecule has 2 unspecified atom stereocenters. The molecule has 0 radical (unpaired) electrons. The van der Waals surface area contributed by atoms with E-state index in [2.05, 4.69) is 5.32 Å². The summed E-state index contributed by atoms with van der Waals surface area (Å²) in [5, 5.41) is 2.85. The number of anilines is 1. The fraction of sp³-hybridized carbons (Fsp3) is 0.529. The van der Waals surface area contributed by atoms with Crippen molar-refractivity contribution < 1.29 is 14.3 Å². The normalized spacial score (nSPS) is 21.1. The summed E-state index contributed by atoms with van der Waals surface area (Å²) in [4.78, 5) is 26.0. The zero-order valence-corrected chi connectivity index (χ0v) is 14.7. The first-order chi connectivity index (χ1) is 11.0. The number of nitrogens with one attached hydrogen (secondary N) is 1. The molecule has 1 fully saturated rings. The Morgan fingerprint density at radius 3 is 2.87 bits per heavy atom. The van der Waals surface area contributed by atoms with Crippen molar-refractivity contribution in [2.45, 2.75) is 32.9 Å². The Morgan fingerprint density at radius 2 is 2.13 bits per heavy atom. The number of rotatable bonds is 5. The topological polar surface area (TPSA) is 58.6 Å². The molecule has 2 atom stereocenters. The van der Waals surface area contributed by atoms with Gasteiger partial charge in [0.2, 0.25) is 11.8 Å². The van der Waals surface area contributed by atoms with Crippen molar-refractivity contribution in [3.05, 3.63) is 29.8 Å². The summed E-state index contributed by atoms with van der Waals surface area (Å²) in [6, 6.07) is 7.76. The van der Waals surface area contributed by atoms with Crippen molar-refractivity contribution in [1.29, 1.82) is 0 Å². The summed E-state index contributed by atoms with van der Waals surface area (Å²) in [5.41, 5.74) is 1.89. The summed E-state index contributed by atoms with van der Waals surface area (Å²) < 4.78 is 5.52. The predicted octanol–water partition coefficient (Wildman–Crippen LogP) is 2.30. The monoisotopic (exact) mass is 336 g/mol. The molecule has 126 valence electrons. The third kappa shape index (κ3) is 5.55. The average Bonchev–Trinajstić information content (AvgIpc) is 2.49. The van der Waals surface area contributed by atoms with Crippen molar-refractivity contribution in [3.63, 3.8) is 0 Å². The van der Waals surface area contributed by atoms with Gasteiger partial charge >= 0.3 is 0 Å². The number of aryl methyl sites for hydroxylation is 1. The van der Waals surface area contributed by atoms with E-state index in [0.717, 1.165) is 11.3 Å². The van der Waals surface area contributed by atoms with Crippen LogP contribution in [0.15, 0.2) is 24.3 Å². The molecule has 1 saturated heterocycles. The average molecular weight is 336 g/mol. The molecule has 1 aliphatic rings. The first-order valence-corrected chi connectivity index (χ1v) is 8.96. The number of ether oxygens (including phenoxy) is 1. The second-order valence-electron chi connectivity index (χ2n) is 5.95. The van der Waals surface area contributed by atoms with Crippen LogP contribution < -0.4 is 5.32 Å². The summed E-state index contributed by atoms with van der Waals surface area (Å²) in [5.74, 6) is 0.574. The lowest BCUT2D eigenvalue weighted by atomic mass is 10.2. The van der Waals surface area contributed by atoms with Gasteiger partial charge in [-0.3, -0.25) is 9.59 Å². The van der Waals surface area contributed by atoms with Gasteiger partial charge in [0, 0.05) is 12.2 Å². The van der Waals surface area contributed by atoms with Crippen LogP contribution in [-0.4, -0.2) is 53.5 Å². The van der Waals surface area contributed by atoms with Crippen LogP contribution in [0.1, 0.15) is 19.4 Å². The highest BCUT2D eigenvalue weighted by Gasteiger charge is 2.27. The van der Waals surface area contributed by atoms with Crippen LogP contribution in [0.4, 0.5) is 5.69 Å². The molecule has 6 heteroatoms. The molecule has 1 aliphatic heterocycles. The summed E-state index contributed by atoms with van der Waals surface area (Å²) in [6.45, 7) is 7.13. The Bertz CT molecular complexity index is 565. The maximum absolute atomic E-state index is 12.3. The van der Waals surface area contributed by atoms with Crippen LogP contribution in [0.2, 0.25) is 0 Å². The molecule has 1 heterocycles. The molecular weight excluding hydrogens is 312 g/mol. The van der Waals surface area contributed by atoms with Crippen LogP contribution in [-0.2, 0) is 14.3 Å². The van der Waals surface area contributed by atoms with Gasteiger partial charge in [-0.05, 0) is 38.5 Å². The second kappa shape index (κ2) is 8.36. The number of benzene rings is 1. The maximum atomic E-state index is 12.3. The van der Waals surface area contributed by atoms with Crippen LogP contribution >= 0.6 is 11.8 Å². The van der Waals surface area contributed by atoms with E-state index in [0.29, 0.717) is 18.9 Å². The highest BCUT2D eigenvalue weighted by Crippen LogP contribution is 2.14. The predicted molar refractivity (Wildman–Crippen MR) is 93.7 cm³/mol. The van der Waals surface area contributed by atoms with E-state index in [1.165, 1.54) is 11.8 Å². The number of nitrogens with zero attached hydrogens (tertiary/aromatic N) is 1. The van der Waals surface area contributed by atoms with Crippen molar-refractivity contribution in [2.24, 2.45) is 0 Å². The fourth-order valence-electron chi connectivity index (χ4n) is 2.48. The maximum Gasteiger partial charge on any atom is 0.234 e. The first kappa shape index (κ1) is 17.8. The van der Waals surface area contributed by atoms with E-state index in [4.69, 9.17) is 4.74 Å². The molecule has 1 aromatic carbocycles. The SMILES string of the molecule is Cc1cccc(NC(=O)CSCC(=O)N2CC(C)OCC2C)c1. The van der Waals surface area contributed by atoms with E-state index in [1.807, 2.05) is 49.9 Å². The Labute approximate surface area is 141 Å². The minimum Gasteiger partial charge on any atom is -0.375 e. The van der Waals surface area contributed by atoms with Gasteiger partial charge in [-0.15, -0.1) is 11.8 Å². The fourth-order valence-corrected chi connectivity index (χ4v) is 3.18. The molecule has 5 nitrogen and oxygen atoms in total. The number of hydrogen-bond acceptors (Lipinski definition) is 4. The number of morpholine rings is 1. The molecule has 0 bridgehead atoms. The quantitative estimate of drug-likeness (QED) is 0.896. The molecule has 23 heavy (non-hydrogen) atoms. The Hall–Kier alpha value is -1.53. The van der Waals surface area contributed by atoms with Gasteiger partial charge in [0.05, 0.1) is 30.3 Å². The summed E-state index contributed by atoms with van der Waals surface area (Å²) in [7, 11) is 0. The van der Waals surface area contributed by atoms with Crippen molar-refractivity contribution in [1.82, 2.24) is 4.90 Å². The zero-order valence-electron chi connectivity index (χ0n) is 13.9. The van der Waals surface area contributed by atoms with Crippen molar-refractivity contribution in [3.8, 4) is 0 Å². The Balaban J connectivity index is 1.73. The van der Waals surface area contributed by atoms with Crippen LogP contribution in [0.3, 0.4) is 0 Å². The second-order valence-corrected chi connectivity index (χ2v) is 6.94. The van der Waals surface area contributed by atoms with Gasteiger partial charge in [0.15, 0.2) is 0 Å². The molecule has 0 saturated carbocycles. The number of hydrogen-bond donors (Lipinski definition) is 1. The highest BCUT2D eigenvalue weighted by atomic mass is 32.2. The van der Waals surface area contributed by atoms with E-state index in [1.54, 1.807) is 0 Å². The first-order valence-electron chi connectivity index (χ1n) is 7.81. The van der Waals surface area contributed by atoms with E-state index < -0.39 is 0 Å². The number of carbonyl (C=O) groups excluding carboxylic acids is 2. The molecule has 1 N–H and O–H groups in total. The highest BCUT2D eigenvalue weighted by molar-refractivity contribution is 8.00. The van der Waals surface area contributed by atoms with Gasteiger partial charge < -0.3 is 15.0 Å². The van der Waals surface area contributed by atoms with E-state index in [-0.39, 0.29) is 29.7 Å². The third-order valence-electron chi connectivity index (χ3n) is 3.69. The van der Waals surface area contributed by atoms with E-state index >= 15 is 0 Å². The minimum atomic E-state index is -0.0863. The third-order valence-corrected chi connectivity index (χ3v) is 4.61. The zero-order chi connectivity index (χ0) is 16.8. The van der Waals surface area contributed by atoms with Crippen LogP contribution in [0.25, 0.3) is 0 Å². The summed E-state index contributed by atoms with van der Waals surface area (Å²) >= 11 is 1.35. The minimum absolute atomic E-state index is 0.0704. The number of carbonyl (C=O) groups is 2. The molecule has 1 aromatic rings. The van der Waals surface area contributed by atoms with Crippen LogP contribution in [0, 0.1) is 6.92 Å². The molecule has 0 aromatic heterocycles. The van der Waals surface area contributed by atoms with Crippen LogP contribution in [0.5, 0.6) is 0 Å². The largest absolute Gasteiger partial charge is 0.375 e. The van der Waals surface area contributed by atoms with Gasteiger partial charge in [-0.2, -0.15) is 0 Å². The number of amides is 2. The standard InChI is InChI=1S/C17H24N2O3S/c1-12-5-4-6-15(7-12)18-16(20)10-23-11-17(21)19-8-14(3)22-9-13(19)2/h4-7,13-14H,8-11H2,1-3H3,(H,18,20). The van der Waals surface area contributed by atoms with Gasteiger partial charge in [-0.25, -0.2) is 0 Å². The molecule has 2 rings (SSSR count). The van der Waals surface area contributed by atoms with Gasteiger partial charge in [-0.1, -0.05) is 12.1 Å². The van der Waals surface area contributed by atoms with Gasteiger partial charge in [0.25, 0.3) is 0 Å². The van der Waals surface area contributed by atoms with Gasteiger partial charge in [0.1, 0.15) is 0 Å².